The normalized spacial score (nSPS) is 31.0. The number of fused-ring (bicyclic) bond motifs is 1. The van der Waals surface area contributed by atoms with Crippen LogP contribution >= 0.6 is 11.8 Å². The fourth-order valence-electron chi connectivity index (χ4n) is 0.760. The van der Waals surface area contributed by atoms with E-state index < -0.39 is 0 Å². The molecule has 0 nitrogen and oxygen atoms in total. The van der Waals surface area contributed by atoms with E-state index in [-0.39, 0.29) is 0 Å². The molecule has 0 spiro atoms. The van der Waals surface area contributed by atoms with Crippen molar-refractivity contribution in [3.05, 3.63) is 35.3 Å². The molecule has 1 saturated heterocycles. The zero-order chi connectivity index (χ0) is 5.40. The third-order valence-electron chi connectivity index (χ3n) is 1.25. The molecule has 0 radical (unpaired) electrons. The minimum Gasteiger partial charge on any atom is -0.116 e. The van der Waals surface area contributed by atoms with Crippen LogP contribution in [0.5, 0.6) is 0 Å². The fourth-order valence-corrected chi connectivity index (χ4v) is 1.47. The molecule has 0 aromatic heterocycles. The first kappa shape index (κ1) is 4.45. The molecule has 1 fully saturated rings. The largest absolute Gasteiger partial charge is 0.116 e. The van der Waals surface area contributed by atoms with Crippen molar-refractivity contribution in [2.45, 2.75) is 5.25 Å². The monoisotopic (exact) mass is 122 g/mol. The van der Waals surface area contributed by atoms with Crippen LogP contribution in [0.2, 0.25) is 0 Å². The summed E-state index contributed by atoms with van der Waals surface area (Å²) in [6.07, 6.45) is 10.7. The summed E-state index contributed by atoms with van der Waals surface area (Å²) in [6.45, 7) is 0. The van der Waals surface area contributed by atoms with Crippen molar-refractivity contribution in [3.63, 3.8) is 0 Å². The standard InChI is InChI=1S/C7H6S/c1-2-4-6-7(8-6)5-3-1/h1-6H. The summed E-state index contributed by atoms with van der Waals surface area (Å²) in [4.78, 5) is 1.51. The number of allylic oxidation sites excluding steroid dienone is 4. The third-order valence-corrected chi connectivity index (χ3v) is 2.33. The van der Waals surface area contributed by atoms with Gasteiger partial charge in [0.1, 0.15) is 0 Å². The maximum absolute atomic E-state index is 2.22. The molecular formula is C7H6S. The molecule has 1 aliphatic heterocycles. The van der Waals surface area contributed by atoms with Crippen molar-refractivity contribution < 1.29 is 0 Å². The Morgan fingerprint density at radius 1 is 1.25 bits per heavy atom. The molecule has 1 atom stereocenters. The van der Waals surface area contributed by atoms with Crippen LogP contribution in [0.4, 0.5) is 0 Å². The van der Waals surface area contributed by atoms with Crippen LogP contribution in [0.1, 0.15) is 0 Å². The number of thioether (sulfide) groups is 1. The van der Waals surface area contributed by atoms with E-state index in [0.29, 0.717) is 0 Å². The van der Waals surface area contributed by atoms with Crippen molar-refractivity contribution in [2.75, 3.05) is 0 Å². The lowest BCUT2D eigenvalue weighted by molar-refractivity contribution is 1.52. The van der Waals surface area contributed by atoms with Crippen LogP contribution in [0.25, 0.3) is 0 Å². The molecule has 40 valence electrons. The Bertz CT molecular complexity index is 187. The van der Waals surface area contributed by atoms with E-state index in [1.165, 1.54) is 4.91 Å². The maximum Gasteiger partial charge on any atom is 0.0584 e. The van der Waals surface area contributed by atoms with Gasteiger partial charge in [0.2, 0.25) is 0 Å². The van der Waals surface area contributed by atoms with Gasteiger partial charge in [-0.25, -0.2) is 0 Å². The van der Waals surface area contributed by atoms with Crippen LogP contribution in [0, 0.1) is 0 Å². The topological polar surface area (TPSA) is 0 Å². The van der Waals surface area contributed by atoms with Crippen LogP contribution < -0.4 is 0 Å². The molecule has 1 heteroatoms. The van der Waals surface area contributed by atoms with Gasteiger partial charge < -0.3 is 0 Å². The second kappa shape index (κ2) is 1.52. The molecule has 8 heavy (non-hydrogen) atoms. The Morgan fingerprint density at radius 3 is 3.25 bits per heavy atom. The second-order valence-electron chi connectivity index (χ2n) is 1.88. The van der Waals surface area contributed by atoms with Gasteiger partial charge in [-0.2, -0.15) is 0 Å². The highest BCUT2D eigenvalue weighted by atomic mass is 32.2. The van der Waals surface area contributed by atoms with Gasteiger partial charge >= 0.3 is 0 Å². The van der Waals surface area contributed by atoms with Crippen molar-refractivity contribution >= 4 is 11.8 Å². The van der Waals surface area contributed by atoms with Gasteiger partial charge in [0.25, 0.3) is 0 Å². The van der Waals surface area contributed by atoms with Crippen molar-refractivity contribution in [3.8, 4) is 0 Å². The zero-order valence-electron chi connectivity index (χ0n) is 4.37. The molecule has 1 heterocycles. The summed E-state index contributed by atoms with van der Waals surface area (Å²) < 4.78 is 0. The van der Waals surface area contributed by atoms with Gasteiger partial charge in [-0.3, -0.25) is 0 Å². The molecule has 1 aliphatic carbocycles. The first-order valence-corrected chi connectivity index (χ1v) is 3.56. The lowest BCUT2D eigenvalue weighted by Crippen LogP contribution is -1.65. The first-order valence-electron chi connectivity index (χ1n) is 2.68. The van der Waals surface area contributed by atoms with Crippen LogP contribution in [0.3, 0.4) is 0 Å². The van der Waals surface area contributed by atoms with Crippen molar-refractivity contribution in [1.82, 2.24) is 0 Å². The lowest BCUT2D eigenvalue weighted by Gasteiger charge is -1.68. The highest BCUT2D eigenvalue weighted by molar-refractivity contribution is 8.12. The molecule has 0 aromatic rings. The van der Waals surface area contributed by atoms with E-state index in [0.717, 1.165) is 5.25 Å². The molecule has 0 amide bonds. The highest BCUT2D eigenvalue weighted by Gasteiger charge is 2.27. The zero-order valence-corrected chi connectivity index (χ0v) is 5.19. The maximum atomic E-state index is 2.22. The lowest BCUT2D eigenvalue weighted by atomic mass is 10.4. The minimum absolute atomic E-state index is 0.727. The van der Waals surface area contributed by atoms with E-state index in [2.05, 4.69) is 30.4 Å². The van der Waals surface area contributed by atoms with E-state index in [4.69, 9.17) is 0 Å². The smallest absolute Gasteiger partial charge is 0.0584 e. The van der Waals surface area contributed by atoms with E-state index >= 15 is 0 Å². The summed E-state index contributed by atoms with van der Waals surface area (Å²) in [6, 6.07) is 0. The fraction of sp³-hybridized carbons (Fsp3) is 0.143. The Morgan fingerprint density at radius 2 is 2.25 bits per heavy atom. The summed E-state index contributed by atoms with van der Waals surface area (Å²) in [5, 5.41) is 0.727. The molecule has 2 aliphatic rings. The number of hydrogen-bond acceptors (Lipinski definition) is 1. The first-order chi connectivity index (χ1) is 3.97. The molecule has 2 rings (SSSR count). The summed E-state index contributed by atoms with van der Waals surface area (Å²) >= 11 is 1.94. The quantitative estimate of drug-likeness (QED) is 0.443. The average molecular weight is 122 g/mol. The van der Waals surface area contributed by atoms with Gasteiger partial charge in [-0.1, -0.05) is 30.4 Å². The number of hydrogen-bond donors (Lipinski definition) is 0. The number of rotatable bonds is 0. The van der Waals surface area contributed by atoms with Crippen molar-refractivity contribution in [2.24, 2.45) is 0 Å². The molecular weight excluding hydrogens is 116 g/mol. The van der Waals surface area contributed by atoms with E-state index in [1.54, 1.807) is 0 Å². The molecule has 0 saturated carbocycles. The molecule has 0 bridgehead atoms. The van der Waals surface area contributed by atoms with Gasteiger partial charge in [-0.15, -0.1) is 11.8 Å². The van der Waals surface area contributed by atoms with Crippen LogP contribution in [-0.4, -0.2) is 5.25 Å². The van der Waals surface area contributed by atoms with E-state index in [9.17, 15) is 0 Å². The van der Waals surface area contributed by atoms with Gasteiger partial charge in [0.15, 0.2) is 0 Å². The predicted molar refractivity (Wildman–Crippen MR) is 37.7 cm³/mol. The van der Waals surface area contributed by atoms with Gasteiger partial charge in [-0.05, 0) is 0 Å². The van der Waals surface area contributed by atoms with Crippen LogP contribution in [-0.2, 0) is 0 Å². The molecule has 0 N–H and O–H groups in total. The van der Waals surface area contributed by atoms with E-state index in [1.807, 2.05) is 11.8 Å². The van der Waals surface area contributed by atoms with Crippen molar-refractivity contribution in [1.29, 1.82) is 0 Å². The summed E-state index contributed by atoms with van der Waals surface area (Å²) in [7, 11) is 0. The SMILES string of the molecule is C1=CC=C2SC2C=C1. The highest BCUT2D eigenvalue weighted by Crippen LogP contribution is 2.47. The second-order valence-corrected chi connectivity index (χ2v) is 3.09. The van der Waals surface area contributed by atoms with Crippen LogP contribution in [0.15, 0.2) is 35.3 Å². The summed E-state index contributed by atoms with van der Waals surface area (Å²) in [5.74, 6) is 0. The minimum atomic E-state index is 0.727. The Hall–Kier alpha value is -0.430. The summed E-state index contributed by atoms with van der Waals surface area (Å²) in [5.41, 5.74) is 0. The van der Waals surface area contributed by atoms with Gasteiger partial charge in [0.05, 0.1) is 5.25 Å². The molecule has 0 aromatic carbocycles. The molecule has 1 unspecified atom stereocenters. The predicted octanol–water partition coefficient (Wildman–Crippen LogP) is 2.11. The van der Waals surface area contributed by atoms with Gasteiger partial charge in [0, 0.05) is 4.91 Å². The third kappa shape index (κ3) is 0.632. The Labute approximate surface area is 53.0 Å². The Balaban J connectivity index is 2.35. The average Bonchev–Trinajstić information content (AvgIpc) is 2.36. The Kier molecular flexibility index (Phi) is 0.847.